The maximum absolute atomic E-state index is 10.9. The zero-order valence-corrected chi connectivity index (χ0v) is 20.7. The molecule has 1 heterocycles. The molecule has 6 nitrogen and oxygen atoms in total. The molecule has 2 aromatic carbocycles. The first kappa shape index (κ1) is 23.9. The Hall–Kier alpha value is -2.71. The molecule has 32 heavy (non-hydrogen) atoms. The van der Waals surface area contributed by atoms with Crippen molar-refractivity contribution in [2.75, 3.05) is 0 Å². The van der Waals surface area contributed by atoms with Crippen LogP contribution < -0.4 is 4.74 Å². The summed E-state index contributed by atoms with van der Waals surface area (Å²) in [7, 11) is 0. The van der Waals surface area contributed by atoms with Crippen LogP contribution in [0.4, 0.5) is 0 Å². The number of aromatic nitrogens is 2. The molecule has 0 saturated carbocycles. The highest BCUT2D eigenvalue weighted by atomic mass is 79.9. The topological polar surface area (TPSA) is 92.5 Å². The number of benzene rings is 2. The largest absolute Gasteiger partial charge is 0.507 e. The Labute approximate surface area is 203 Å². The van der Waals surface area contributed by atoms with Crippen molar-refractivity contribution in [3.05, 3.63) is 74.2 Å². The normalized spacial score (nSPS) is 11.3. The van der Waals surface area contributed by atoms with E-state index >= 15 is 0 Å². The summed E-state index contributed by atoms with van der Waals surface area (Å²) in [6.07, 6.45) is 8.86. The maximum atomic E-state index is 10.9. The quantitative estimate of drug-likeness (QED) is 0.314. The second-order valence-electron chi connectivity index (χ2n) is 7.45. The average Bonchev–Trinajstić information content (AvgIpc) is 2.75. The van der Waals surface area contributed by atoms with Gasteiger partial charge in [-0.15, -0.1) is 0 Å². The molecule has 3 rings (SSSR count). The SMILES string of the molecule is CC(C)c1cc(Oc2c(Br)cc(CCC(=O)O)cc2Br)cc(C=Cc2cnccn2)c1O. The number of carboxylic acids is 1. The van der Waals surface area contributed by atoms with E-state index in [0.717, 1.165) is 11.1 Å². The molecular weight excluding hydrogens is 540 g/mol. The Balaban J connectivity index is 1.95. The summed E-state index contributed by atoms with van der Waals surface area (Å²) >= 11 is 7.05. The second kappa shape index (κ2) is 10.7. The summed E-state index contributed by atoms with van der Waals surface area (Å²) in [6, 6.07) is 7.27. The van der Waals surface area contributed by atoms with Crippen molar-refractivity contribution in [1.82, 2.24) is 9.97 Å². The molecule has 0 spiro atoms. The number of carbonyl (C=O) groups is 1. The molecule has 0 radical (unpaired) electrons. The molecule has 0 aliphatic heterocycles. The number of aryl methyl sites for hydroxylation is 1. The van der Waals surface area contributed by atoms with Crippen LogP contribution in [0.5, 0.6) is 17.2 Å². The van der Waals surface area contributed by atoms with E-state index in [1.54, 1.807) is 36.8 Å². The lowest BCUT2D eigenvalue weighted by molar-refractivity contribution is -0.136. The first-order valence-corrected chi connectivity index (χ1v) is 11.5. The fourth-order valence-corrected chi connectivity index (χ4v) is 4.52. The summed E-state index contributed by atoms with van der Waals surface area (Å²) in [5, 5.41) is 19.7. The fourth-order valence-electron chi connectivity index (χ4n) is 3.07. The Morgan fingerprint density at radius 1 is 1.12 bits per heavy atom. The van der Waals surface area contributed by atoms with E-state index in [1.807, 2.05) is 32.0 Å². The molecule has 0 saturated heterocycles. The Kier molecular flexibility index (Phi) is 8.04. The van der Waals surface area contributed by atoms with Gasteiger partial charge in [0.15, 0.2) is 5.75 Å². The number of aliphatic carboxylic acids is 1. The van der Waals surface area contributed by atoms with Gasteiger partial charge in [-0.1, -0.05) is 13.8 Å². The maximum Gasteiger partial charge on any atom is 0.303 e. The van der Waals surface area contributed by atoms with Crippen LogP contribution in [0.25, 0.3) is 12.2 Å². The lowest BCUT2D eigenvalue weighted by atomic mass is 9.98. The molecule has 2 N–H and O–H groups in total. The number of carboxylic acid groups (broad SMARTS) is 1. The smallest absolute Gasteiger partial charge is 0.303 e. The summed E-state index contributed by atoms with van der Waals surface area (Å²) in [5.74, 6) is 0.547. The Bertz CT molecular complexity index is 1130. The van der Waals surface area contributed by atoms with Crippen LogP contribution in [0.1, 0.15) is 48.6 Å². The van der Waals surface area contributed by atoms with Gasteiger partial charge in [0.1, 0.15) is 11.5 Å². The van der Waals surface area contributed by atoms with Gasteiger partial charge in [0.05, 0.1) is 20.8 Å². The number of phenols is 1. The molecule has 0 aliphatic carbocycles. The number of halogens is 2. The van der Waals surface area contributed by atoms with Gasteiger partial charge in [-0.25, -0.2) is 0 Å². The highest BCUT2D eigenvalue weighted by molar-refractivity contribution is 9.11. The minimum atomic E-state index is -0.843. The standard InChI is InChI=1S/C24H22Br2N2O4/c1-14(2)19-12-18(11-16(23(19)31)4-5-17-13-27-7-8-28-17)32-24-20(25)9-15(10-21(24)26)3-6-22(29)30/h4-5,7-14,31H,3,6H2,1-2H3,(H,29,30). The zero-order chi connectivity index (χ0) is 23.3. The molecule has 3 aromatic rings. The van der Waals surface area contributed by atoms with E-state index in [1.165, 1.54) is 0 Å². The van der Waals surface area contributed by atoms with Crippen molar-refractivity contribution < 1.29 is 19.7 Å². The lowest BCUT2D eigenvalue weighted by Crippen LogP contribution is -1.98. The van der Waals surface area contributed by atoms with Crippen molar-refractivity contribution in [1.29, 1.82) is 0 Å². The minimum absolute atomic E-state index is 0.0519. The van der Waals surface area contributed by atoms with Crippen molar-refractivity contribution in [2.24, 2.45) is 0 Å². The van der Waals surface area contributed by atoms with Crippen LogP contribution in [-0.2, 0) is 11.2 Å². The number of ether oxygens (including phenoxy) is 1. The fraction of sp³-hybridized carbons (Fsp3) is 0.208. The van der Waals surface area contributed by atoms with Crippen molar-refractivity contribution in [3.8, 4) is 17.2 Å². The number of nitrogens with zero attached hydrogens (tertiary/aromatic N) is 2. The molecule has 1 aromatic heterocycles. The number of hydrogen-bond donors (Lipinski definition) is 2. The molecule has 166 valence electrons. The molecule has 8 heteroatoms. The monoisotopic (exact) mass is 560 g/mol. The predicted octanol–water partition coefficient (Wildman–Crippen LogP) is 6.81. The Morgan fingerprint density at radius 3 is 2.44 bits per heavy atom. The van der Waals surface area contributed by atoms with Crippen molar-refractivity contribution in [3.63, 3.8) is 0 Å². The van der Waals surface area contributed by atoms with Crippen molar-refractivity contribution in [2.45, 2.75) is 32.6 Å². The summed E-state index contributed by atoms with van der Waals surface area (Å²) in [6.45, 7) is 4.00. The number of rotatable bonds is 8. The first-order valence-electron chi connectivity index (χ1n) is 9.93. The van der Waals surface area contributed by atoms with E-state index < -0.39 is 5.97 Å². The molecule has 0 amide bonds. The van der Waals surface area contributed by atoms with Gasteiger partial charge in [0.25, 0.3) is 0 Å². The van der Waals surface area contributed by atoms with Crippen LogP contribution in [-0.4, -0.2) is 26.2 Å². The van der Waals surface area contributed by atoms with E-state index in [4.69, 9.17) is 9.84 Å². The van der Waals surface area contributed by atoms with Crippen LogP contribution in [0.2, 0.25) is 0 Å². The molecule has 0 atom stereocenters. The van der Waals surface area contributed by atoms with E-state index in [2.05, 4.69) is 41.8 Å². The zero-order valence-electron chi connectivity index (χ0n) is 17.5. The first-order chi connectivity index (χ1) is 15.2. The predicted molar refractivity (Wildman–Crippen MR) is 131 cm³/mol. The third-order valence-corrected chi connectivity index (χ3v) is 5.86. The molecule has 0 aliphatic rings. The van der Waals surface area contributed by atoms with E-state index in [9.17, 15) is 9.90 Å². The van der Waals surface area contributed by atoms with Gasteiger partial charge >= 0.3 is 5.97 Å². The third-order valence-electron chi connectivity index (χ3n) is 4.69. The number of aromatic hydroxyl groups is 1. The summed E-state index contributed by atoms with van der Waals surface area (Å²) in [4.78, 5) is 19.1. The highest BCUT2D eigenvalue weighted by Crippen LogP contribution is 2.41. The Morgan fingerprint density at radius 2 is 1.84 bits per heavy atom. The van der Waals surface area contributed by atoms with Crippen LogP contribution in [0.3, 0.4) is 0 Å². The van der Waals surface area contributed by atoms with Crippen LogP contribution >= 0.6 is 31.9 Å². The number of phenolic OH excluding ortho intramolecular Hbond substituents is 1. The second-order valence-corrected chi connectivity index (χ2v) is 9.16. The average molecular weight is 562 g/mol. The van der Waals surface area contributed by atoms with Gasteiger partial charge in [0, 0.05) is 29.9 Å². The van der Waals surface area contributed by atoms with E-state index in [0.29, 0.717) is 38.1 Å². The van der Waals surface area contributed by atoms with Gasteiger partial charge in [-0.2, -0.15) is 0 Å². The van der Waals surface area contributed by atoms with E-state index in [-0.39, 0.29) is 18.1 Å². The summed E-state index contributed by atoms with van der Waals surface area (Å²) < 4.78 is 7.57. The van der Waals surface area contributed by atoms with Gasteiger partial charge in [0.2, 0.25) is 0 Å². The number of hydrogen-bond acceptors (Lipinski definition) is 5. The third kappa shape index (κ3) is 6.17. The van der Waals surface area contributed by atoms with Crippen LogP contribution in [0.15, 0.2) is 51.8 Å². The molecular formula is C24H22Br2N2O4. The molecule has 0 bridgehead atoms. The van der Waals surface area contributed by atoms with Gasteiger partial charge in [-0.05, 0) is 86.2 Å². The highest BCUT2D eigenvalue weighted by Gasteiger charge is 2.16. The summed E-state index contributed by atoms with van der Waals surface area (Å²) in [5.41, 5.74) is 2.90. The lowest BCUT2D eigenvalue weighted by Gasteiger charge is -2.16. The molecule has 0 fully saturated rings. The van der Waals surface area contributed by atoms with Gasteiger partial charge < -0.3 is 14.9 Å². The van der Waals surface area contributed by atoms with Gasteiger partial charge in [-0.3, -0.25) is 14.8 Å². The molecule has 0 unspecified atom stereocenters. The van der Waals surface area contributed by atoms with Crippen molar-refractivity contribution >= 4 is 50.0 Å². The van der Waals surface area contributed by atoms with Crippen LogP contribution in [0, 0.1) is 0 Å². The minimum Gasteiger partial charge on any atom is -0.507 e.